The molecule has 8 heteroatoms. The number of likely N-dealkylation sites (tertiary alicyclic amines) is 1. The molecule has 1 aliphatic rings. The number of rotatable bonds is 4. The highest BCUT2D eigenvalue weighted by molar-refractivity contribution is 6.03. The molecule has 42 heavy (non-hydrogen) atoms. The number of hydrogen-bond acceptors (Lipinski definition) is 6. The van der Waals surface area contributed by atoms with Crippen LogP contribution in [-0.4, -0.2) is 41.4 Å². The van der Waals surface area contributed by atoms with Gasteiger partial charge in [-0.2, -0.15) is 5.26 Å². The van der Waals surface area contributed by atoms with E-state index in [9.17, 15) is 14.9 Å². The van der Waals surface area contributed by atoms with Crippen LogP contribution in [0.5, 0.6) is 0 Å². The number of ether oxygens (including phenoxy) is 2. The lowest BCUT2D eigenvalue weighted by Gasteiger charge is -2.50. The second-order valence-corrected chi connectivity index (χ2v) is 12.6. The number of carbonyl (C=O) groups excluding carboxylic acids is 2. The van der Waals surface area contributed by atoms with Crippen molar-refractivity contribution in [1.29, 1.82) is 5.26 Å². The maximum absolute atomic E-state index is 12.9. The van der Waals surface area contributed by atoms with Crippen molar-refractivity contribution in [3.05, 3.63) is 83.9 Å². The molecular weight excluding hydrogens is 530 g/mol. The second-order valence-electron chi connectivity index (χ2n) is 12.6. The Bertz CT molecular complexity index is 1660. The van der Waals surface area contributed by atoms with Gasteiger partial charge in [0, 0.05) is 16.5 Å². The molecule has 1 saturated heterocycles. The average molecular weight is 566 g/mol. The smallest absolute Gasteiger partial charge is 0.410 e. The van der Waals surface area contributed by atoms with E-state index in [4.69, 9.17) is 13.9 Å². The number of alkyl carbamates (subject to hydrolysis) is 1. The number of furan rings is 1. The van der Waals surface area contributed by atoms with E-state index in [1.54, 1.807) is 31.7 Å². The predicted molar refractivity (Wildman–Crippen MR) is 161 cm³/mol. The molecule has 2 amide bonds. The van der Waals surface area contributed by atoms with Crippen LogP contribution >= 0.6 is 0 Å². The Morgan fingerprint density at radius 3 is 2.10 bits per heavy atom. The zero-order chi connectivity index (χ0) is 30.3. The molecule has 0 atom stereocenters. The first-order valence-electron chi connectivity index (χ1n) is 13.9. The van der Waals surface area contributed by atoms with Crippen LogP contribution in [0.15, 0.2) is 77.2 Å². The number of benzene rings is 3. The van der Waals surface area contributed by atoms with Crippen LogP contribution in [0.2, 0.25) is 0 Å². The molecule has 216 valence electrons. The van der Waals surface area contributed by atoms with Gasteiger partial charge in [0.05, 0.1) is 18.7 Å². The topological polar surface area (TPSA) is 105 Å². The van der Waals surface area contributed by atoms with Crippen molar-refractivity contribution in [2.75, 3.05) is 13.1 Å². The first-order chi connectivity index (χ1) is 19.8. The van der Waals surface area contributed by atoms with Gasteiger partial charge < -0.3 is 24.1 Å². The number of amides is 2. The Kier molecular flexibility index (Phi) is 7.23. The van der Waals surface area contributed by atoms with Crippen molar-refractivity contribution in [2.45, 2.75) is 58.3 Å². The molecule has 1 fully saturated rings. The van der Waals surface area contributed by atoms with Gasteiger partial charge in [-0.25, -0.2) is 9.59 Å². The molecule has 5 rings (SSSR count). The standard InChI is InChI=1S/C34H35N3O5/c1-32(2,3)41-30(38)36-34(20-37(21-34)31(39)42-33(4,5)6)25-17-15-23(16-18-25)29-27(22-11-8-7-9-12-22)26-14-10-13-24(19-35)28(26)40-29/h7-18H,20-21H2,1-6H3,(H,36,38). The minimum Gasteiger partial charge on any atom is -0.454 e. The summed E-state index contributed by atoms with van der Waals surface area (Å²) >= 11 is 0. The van der Waals surface area contributed by atoms with Crippen LogP contribution in [0.25, 0.3) is 33.4 Å². The summed E-state index contributed by atoms with van der Waals surface area (Å²) in [6, 6.07) is 25.4. The zero-order valence-corrected chi connectivity index (χ0v) is 24.8. The van der Waals surface area contributed by atoms with Gasteiger partial charge in [0.15, 0.2) is 5.58 Å². The van der Waals surface area contributed by atoms with E-state index in [2.05, 4.69) is 11.4 Å². The molecule has 0 radical (unpaired) electrons. The molecule has 1 aromatic heterocycles. The normalized spacial score (nSPS) is 14.5. The quantitative estimate of drug-likeness (QED) is 0.273. The molecule has 0 saturated carbocycles. The lowest BCUT2D eigenvalue weighted by Crippen LogP contribution is -2.69. The van der Waals surface area contributed by atoms with E-state index in [1.165, 1.54) is 0 Å². The van der Waals surface area contributed by atoms with E-state index in [0.717, 1.165) is 27.6 Å². The third-order valence-corrected chi connectivity index (χ3v) is 6.91. The minimum absolute atomic E-state index is 0.228. The Morgan fingerprint density at radius 2 is 1.50 bits per heavy atom. The Hall–Kier alpha value is -4.77. The molecule has 0 aliphatic carbocycles. The lowest BCUT2D eigenvalue weighted by molar-refractivity contribution is -0.0229. The van der Waals surface area contributed by atoms with Crippen molar-refractivity contribution in [3.8, 4) is 28.5 Å². The zero-order valence-electron chi connectivity index (χ0n) is 24.8. The predicted octanol–water partition coefficient (Wildman–Crippen LogP) is 7.61. The molecular formula is C34H35N3O5. The molecule has 2 heterocycles. The summed E-state index contributed by atoms with van der Waals surface area (Å²) in [6.45, 7) is 11.3. The van der Waals surface area contributed by atoms with Crippen LogP contribution in [0.3, 0.4) is 0 Å². The van der Waals surface area contributed by atoms with E-state index >= 15 is 0 Å². The summed E-state index contributed by atoms with van der Waals surface area (Å²) in [6.07, 6.45) is -1.01. The van der Waals surface area contributed by atoms with Gasteiger partial charge in [-0.05, 0) is 58.7 Å². The Morgan fingerprint density at radius 1 is 0.857 bits per heavy atom. The molecule has 1 N–H and O–H groups in total. The number of hydrogen-bond donors (Lipinski definition) is 1. The number of nitrogens with one attached hydrogen (secondary N) is 1. The first kappa shape index (κ1) is 28.7. The number of carbonyl (C=O) groups is 2. The summed E-state index contributed by atoms with van der Waals surface area (Å²) in [4.78, 5) is 27.2. The molecule has 8 nitrogen and oxygen atoms in total. The number of fused-ring (bicyclic) bond motifs is 1. The minimum atomic E-state index is -0.859. The molecule has 0 bridgehead atoms. The fourth-order valence-electron chi connectivity index (χ4n) is 5.14. The average Bonchev–Trinajstić information content (AvgIpc) is 3.29. The second kappa shape index (κ2) is 10.6. The van der Waals surface area contributed by atoms with Gasteiger partial charge in [-0.3, -0.25) is 0 Å². The monoisotopic (exact) mass is 565 g/mol. The van der Waals surface area contributed by atoms with Crippen molar-refractivity contribution in [1.82, 2.24) is 10.2 Å². The molecule has 3 aromatic carbocycles. The fourth-order valence-corrected chi connectivity index (χ4v) is 5.14. The van der Waals surface area contributed by atoms with Crippen LogP contribution in [0.1, 0.15) is 52.7 Å². The number of nitriles is 1. The van der Waals surface area contributed by atoms with Crippen molar-refractivity contribution >= 4 is 23.2 Å². The van der Waals surface area contributed by atoms with Crippen LogP contribution in [0, 0.1) is 11.3 Å². The highest BCUT2D eigenvalue weighted by Crippen LogP contribution is 2.43. The van der Waals surface area contributed by atoms with Crippen molar-refractivity contribution in [3.63, 3.8) is 0 Å². The molecule has 4 aromatic rings. The third kappa shape index (κ3) is 5.82. The van der Waals surface area contributed by atoms with Gasteiger partial charge in [0.2, 0.25) is 0 Å². The van der Waals surface area contributed by atoms with Gasteiger partial charge in [0.25, 0.3) is 0 Å². The SMILES string of the molecule is CC(C)(C)OC(=O)NC1(c2ccc(-c3oc4c(C#N)cccc4c3-c3ccccc3)cc2)CN(C(=O)OC(C)(C)C)C1. The van der Waals surface area contributed by atoms with Crippen LogP contribution in [-0.2, 0) is 15.0 Å². The van der Waals surface area contributed by atoms with E-state index in [0.29, 0.717) is 16.9 Å². The maximum atomic E-state index is 12.9. The van der Waals surface area contributed by atoms with Crippen LogP contribution < -0.4 is 5.32 Å². The molecule has 0 unspecified atom stereocenters. The molecule has 1 aliphatic heterocycles. The summed E-state index contributed by atoms with van der Waals surface area (Å²) in [5, 5.41) is 13.6. The Labute approximate surface area is 245 Å². The third-order valence-electron chi connectivity index (χ3n) is 6.91. The summed E-state index contributed by atoms with van der Waals surface area (Å²) in [5.41, 5.74) is 2.32. The van der Waals surface area contributed by atoms with E-state index in [-0.39, 0.29) is 13.1 Å². The summed E-state index contributed by atoms with van der Waals surface area (Å²) in [7, 11) is 0. The van der Waals surface area contributed by atoms with Gasteiger partial charge >= 0.3 is 12.2 Å². The highest BCUT2D eigenvalue weighted by atomic mass is 16.6. The van der Waals surface area contributed by atoms with E-state index < -0.39 is 28.9 Å². The van der Waals surface area contributed by atoms with Crippen molar-refractivity contribution in [2.24, 2.45) is 0 Å². The largest absolute Gasteiger partial charge is 0.454 e. The summed E-state index contributed by atoms with van der Waals surface area (Å²) in [5.74, 6) is 0.642. The van der Waals surface area contributed by atoms with Gasteiger partial charge in [-0.15, -0.1) is 0 Å². The first-order valence-corrected chi connectivity index (χ1v) is 13.9. The van der Waals surface area contributed by atoms with Crippen LogP contribution in [0.4, 0.5) is 9.59 Å². The number of para-hydroxylation sites is 1. The lowest BCUT2D eigenvalue weighted by atomic mass is 9.82. The fraction of sp³-hybridized carbons (Fsp3) is 0.324. The van der Waals surface area contributed by atoms with Gasteiger partial charge in [0.1, 0.15) is 28.6 Å². The maximum Gasteiger partial charge on any atom is 0.410 e. The van der Waals surface area contributed by atoms with Gasteiger partial charge in [-0.1, -0.05) is 66.7 Å². The van der Waals surface area contributed by atoms with E-state index in [1.807, 2.05) is 87.5 Å². The number of nitrogens with zero attached hydrogens (tertiary/aromatic N) is 2. The van der Waals surface area contributed by atoms with Crippen molar-refractivity contribution < 1.29 is 23.5 Å². The summed E-state index contributed by atoms with van der Waals surface area (Å²) < 4.78 is 17.5. The Balaban J connectivity index is 1.52. The highest BCUT2D eigenvalue weighted by Gasteiger charge is 2.49. The molecule has 0 spiro atoms.